The zero-order chi connectivity index (χ0) is 19.5. The van der Waals surface area contributed by atoms with Gasteiger partial charge in [0.05, 0.1) is 10.7 Å². The van der Waals surface area contributed by atoms with Crippen molar-refractivity contribution >= 4 is 28.9 Å². The number of carbonyl (C=O) groups is 1. The summed E-state index contributed by atoms with van der Waals surface area (Å²) in [6, 6.07) is 18.9. The Bertz CT molecular complexity index is 1090. The Labute approximate surface area is 170 Å². The Morgan fingerprint density at radius 3 is 2.32 bits per heavy atom. The summed E-state index contributed by atoms with van der Waals surface area (Å²) in [5, 5.41) is 9.15. The van der Waals surface area contributed by atoms with Gasteiger partial charge in [-0.3, -0.25) is 4.79 Å². The van der Waals surface area contributed by atoms with E-state index in [1.165, 1.54) is 23.1 Å². The normalized spacial score (nSPS) is 12.1. The molecule has 0 aliphatic heterocycles. The number of nitrogens with zero attached hydrogens (tertiary/aromatic N) is 3. The van der Waals surface area contributed by atoms with E-state index in [1.54, 1.807) is 0 Å². The number of Topliss-reactive ketones (excluding diaryl/α,β-unsaturated/α-hetero) is 1. The number of thioether (sulfide) groups is 1. The highest BCUT2D eigenvalue weighted by Gasteiger charge is 2.26. The molecule has 0 amide bonds. The lowest BCUT2D eigenvalue weighted by Crippen LogP contribution is -2.10. The van der Waals surface area contributed by atoms with Crippen LogP contribution in [0, 0.1) is 13.8 Å². The fraction of sp³-hybridized carbons (Fsp3) is 0.143. The van der Waals surface area contributed by atoms with Crippen molar-refractivity contribution in [3.05, 3.63) is 82.5 Å². The molecule has 0 fully saturated rings. The maximum absolute atomic E-state index is 13.2. The van der Waals surface area contributed by atoms with Crippen LogP contribution in [0.4, 0.5) is 0 Å². The van der Waals surface area contributed by atoms with E-state index in [0.29, 0.717) is 16.7 Å². The van der Waals surface area contributed by atoms with Crippen molar-refractivity contribution in [2.24, 2.45) is 0 Å². The third-order valence-electron chi connectivity index (χ3n) is 4.12. The lowest BCUT2D eigenvalue weighted by atomic mass is 10.0. The first kappa shape index (κ1) is 18.6. The number of hydrogen-bond acceptors (Lipinski definition) is 7. The molecular weight excluding hydrogens is 390 g/mol. The van der Waals surface area contributed by atoms with Crippen molar-refractivity contribution in [2.45, 2.75) is 24.3 Å². The molecule has 5 nitrogen and oxygen atoms in total. The minimum Gasteiger partial charge on any atom is -0.410 e. The molecule has 28 heavy (non-hydrogen) atoms. The predicted molar refractivity (Wildman–Crippen MR) is 111 cm³/mol. The molecule has 4 aromatic rings. The predicted octanol–water partition coefficient (Wildman–Crippen LogP) is 5.53. The maximum atomic E-state index is 13.2. The molecule has 2 aromatic heterocycles. The number of hydrogen-bond donors (Lipinski definition) is 0. The van der Waals surface area contributed by atoms with Crippen LogP contribution in [0.15, 0.2) is 70.3 Å². The molecule has 0 radical (unpaired) electrons. The molecule has 140 valence electrons. The van der Waals surface area contributed by atoms with Crippen LogP contribution in [0.3, 0.4) is 0 Å². The van der Waals surface area contributed by atoms with Crippen LogP contribution in [0.2, 0.25) is 0 Å². The Balaban J connectivity index is 1.65. The minimum absolute atomic E-state index is 0.00126. The topological polar surface area (TPSA) is 68.9 Å². The summed E-state index contributed by atoms with van der Waals surface area (Å²) >= 11 is 2.78. The van der Waals surface area contributed by atoms with Crippen LogP contribution in [0.25, 0.3) is 10.8 Å². The van der Waals surface area contributed by atoms with Crippen LogP contribution in [-0.4, -0.2) is 21.0 Å². The van der Waals surface area contributed by atoms with Gasteiger partial charge in [0.15, 0.2) is 5.78 Å². The number of thiazole rings is 1. The van der Waals surface area contributed by atoms with Crippen molar-refractivity contribution in [3.63, 3.8) is 0 Å². The number of carbonyl (C=O) groups excluding carboxylic acids is 1. The number of rotatable bonds is 6. The summed E-state index contributed by atoms with van der Waals surface area (Å²) in [6.07, 6.45) is 0. The van der Waals surface area contributed by atoms with Gasteiger partial charge >= 0.3 is 0 Å². The van der Waals surface area contributed by atoms with Gasteiger partial charge in [-0.05, 0) is 31.2 Å². The molecule has 0 spiro atoms. The molecule has 4 rings (SSSR count). The van der Waals surface area contributed by atoms with E-state index in [0.717, 1.165) is 21.1 Å². The summed E-state index contributed by atoms with van der Waals surface area (Å²) in [5.41, 5.74) is 2.41. The van der Waals surface area contributed by atoms with Crippen LogP contribution >= 0.6 is 23.1 Å². The minimum atomic E-state index is -0.471. The van der Waals surface area contributed by atoms with Gasteiger partial charge in [0, 0.05) is 5.56 Å². The first-order chi connectivity index (χ1) is 13.6. The van der Waals surface area contributed by atoms with E-state index in [9.17, 15) is 4.79 Å². The molecule has 0 aliphatic rings. The zero-order valence-corrected chi connectivity index (χ0v) is 17.0. The average Bonchev–Trinajstić information content (AvgIpc) is 3.32. The molecule has 0 saturated carbocycles. The monoisotopic (exact) mass is 407 g/mol. The van der Waals surface area contributed by atoms with Gasteiger partial charge in [-0.2, -0.15) is 0 Å². The average molecular weight is 408 g/mol. The van der Waals surface area contributed by atoms with Crippen molar-refractivity contribution in [3.8, 4) is 10.8 Å². The van der Waals surface area contributed by atoms with E-state index in [4.69, 9.17) is 4.42 Å². The molecule has 0 bridgehead atoms. The Morgan fingerprint density at radius 2 is 1.68 bits per heavy atom. The first-order valence-corrected chi connectivity index (χ1v) is 10.4. The molecule has 1 atom stereocenters. The Kier molecular flexibility index (Phi) is 5.36. The molecule has 0 unspecified atom stereocenters. The molecule has 0 N–H and O–H groups in total. The number of aromatic nitrogens is 3. The largest absolute Gasteiger partial charge is 0.410 e. The van der Waals surface area contributed by atoms with Crippen molar-refractivity contribution in [1.29, 1.82) is 0 Å². The van der Waals surface area contributed by atoms with Gasteiger partial charge in [-0.15, -0.1) is 21.5 Å². The SMILES string of the molecule is Cc1nc(C)c(-c2nnc(S[C@@H](C(=O)c3ccccc3)c3ccccc3)o2)s1. The van der Waals surface area contributed by atoms with Crippen LogP contribution < -0.4 is 0 Å². The van der Waals surface area contributed by atoms with Gasteiger partial charge in [-0.25, -0.2) is 4.98 Å². The number of benzene rings is 2. The number of ketones is 1. The summed E-state index contributed by atoms with van der Waals surface area (Å²) in [6.45, 7) is 3.86. The lowest BCUT2D eigenvalue weighted by Gasteiger charge is -2.14. The summed E-state index contributed by atoms with van der Waals surface area (Å²) in [7, 11) is 0. The second kappa shape index (κ2) is 8.08. The molecule has 2 heterocycles. The van der Waals surface area contributed by atoms with Gasteiger partial charge in [0.2, 0.25) is 0 Å². The van der Waals surface area contributed by atoms with E-state index in [-0.39, 0.29) is 5.78 Å². The van der Waals surface area contributed by atoms with E-state index >= 15 is 0 Å². The van der Waals surface area contributed by atoms with Crippen molar-refractivity contribution in [2.75, 3.05) is 0 Å². The Hall–Kier alpha value is -2.77. The van der Waals surface area contributed by atoms with Crippen molar-refractivity contribution in [1.82, 2.24) is 15.2 Å². The quantitative estimate of drug-likeness (QED) is 0.309. The summed E-state index contributed by atoms with van der Waals surface area (Å²) < 4.78 is 5.86. The molecule has 0 aliphatic carbocycles. The third-order valence-corrected chi connectivity index (χ3v) is 6.27. The highest BCUT2D eigenvalue weighted by molar-refractivity contribution is 8.00. The third kappa shape index (κ3) is 3.90. The van der Waals surface area contributed by atoms with Gasteiger partial charge < -0.3 is 4.42 Å². The van der Waals surface area contributed by atoms with E-state index < -0.39 is 5.25 Å². The zero-order valence-electron chi connectivity index (χ0n) is 15.3. The van der Waals surface area contributed by atoms with Gasteiger partial charge in [0.25, 0.3) is 11.1 Å². The molecular formula is C21H17N3O2S2. The molecule has 2 aromatic carbocycles. The molecule has 7 heteroatoms. The number of aryl methyl sites for hydroxylation is 2. The second-order valence-electron chi connectivity index (χ2n) is 6.16. The second-order valence-corrected chi connectivity index (χ2v) is 8.42. The fourth-order valence-electron chi connectivity index (χ4n) is 2.83. The van der Waals surface area contributed by atoms with E-state index in [1.807, 2.05) is 74.5 Å². The smallest absolute Gasteiger partial charge is 0.277 e. The van der Waals surface area contributed by atoms with Gasteiger partial charge in [-0.1, -0.05) is 60.7 Å². The van der Waals surface area contributed by atoms with E-state index in [2.05, 4.69) is 15.2 Å². The summed E-state index contributed by atoms with van der Waals surface area (Å²) in [4.78, 5) is 18.4. The van der Waals surface area contributed by atoms with Crippen LogP contribution in [0.5, 0.6) is 0 Å². The fourth-order valence-corrected chi connectivity index (χ4v) is 4.63. The van der Waals surface area contributed by atoms with Crippen LogP contribution in [0.1, 0.15) is 31.9 Å². The Morgan fingerprint density at radius 1 is 1.00 bits per heavy atom. The highest BCUT2D eigenvalue weighted by atomic mass is 32.2. The molecule has 0 saturated heterocycles. The maximum Gasteiger partial charge on any atom is 0.277 e. The van der Waals surface area contributed by atoms with Crippen molar-refractivity contribution < 1.29 is 9.21 Å². The summed E-state index contributed by atoms with van der Waals surface area (Å²) in [5.74, 6) is 0.436. The standard InChI is InChI=1S/C21H17N3O2S2/c1-13-18(27-14(2)22-13)20-23-24-21(26-20)28-19(16-11-7-4-8-12-16)17(25)15-9-5-3-6-10-15/h3-12,19H,1-2H3/t19-/m1/s1. The van der Waals surface area contributed by atoms with Gasteiger partial charge in [0.1, 0.15) is 10.1 Å². The lowest BCUT2D eigenvalue weighted by molar-refractivity contribution is 0.0989. The first-order valence-electron chi connectivity index (χ1n) is 8.70. The van der Waals surface area contributed by atoms with Crippen LogP contribution in [-0.2, 0) is 0 Å². The highest BCUT2D eigenvalue weighted by Crippen LogP contribution is 2.39.